The molecule has 1 aromatic carbocycles. The van der Waals surface area contributed by atoms with E-state index in [0.29, 0.717) is 25.4 Å². The molecule has 5 heteroatoms. The first kappa shape index (κ1) is 15.4. The van der Waals surface area contributed by atoms with Crippen molar-refractivity contribution in [1.29, 1.82) is 0 Å². The van der Waals surface area contributed by atoms with Crippen molar-refractivity contribution in [2.75, 3.05) is 18.4 Å². The molecule has 21 heavy (non-hydrogen) atoms. The molecule has 2 N–H and O–H groups in total. The molecular formula is C16H22N2O3. The van der Waals surface area contributed by atoms with Crippen LogP contribution in [0.4, 0.5) is 10.5 Å². The highest BCUT2D eigenvalue weighted by Gasteiger charge is 2.23. The summed E-state index contributed by atoms with van der Waals surface area (Å²) in [6.07, 6.45) is 2.70. The van der Waals surface area contributed by atoms with Crippen molar-refractivity contribution in [3.05, 3.63) is 29.8 Å². The second-order valence-corrected chi connectivity index (χ2v) is 5.66. The van der Waals surface area contributed by atoms with Crippen LogP contribution in [0, 0.1) is 12.8 Å². The van der Waals surface area contributed by atoms with Crippen molar-refractivity contribution in [3.63, 3.8) is 0 Å². The zero-order chi connectivity index (χ0) is 15.2. The minimum atomic E-state index is -0.741. The van der Waals surface area contributed by atoms with E-state index in [1.807, 2.05) is 31.2 Å². The number of hydrogen-bond donors (Lipinski definition) is 2. The number of urea groups is 1. The number of aliphatic carboxylic acids is 1. The third-order valence-corrected chi connectivity index (χ3v) is 3.97. The molecule has 0 aliphatic carbocycles. The fraction of sp³-hybridized carbons (Fsp3) is 0.500. The summed E-state index contributed by atoms with van der Waals surface area (Å²) in [6, 6.07) is 7.65. The first-order valence-corrected chi connectivity index (χ1v) is 7.39. The van der Waals surface area contributed by atoms with Crippen LogP contribution in [0.5, 0.6) is 0 Å². The third-order valence-electron chi connectivity index (χ3n) is 3.97. The number of nitrogens with zero attached hydrogens (tertiary/aromatic N) is 1. The molecular weight excluding hydrogens is 268 g/mol. The summed E-state index contributed by atoms with van der Waals surface area (Å²) in [5, 5.41) is 11.6. The summed E-state index contributed by atoms with van der Waals surface area (Å²) in [4.78, 5) is 24.5. The topological polar surface area (TPSA) is 69.6 Å². The van der Waals surface area contributed by atoms with E-state index in [0.717, 1.165) is 24.1 Å². The zero-order valence-electron chi connectivity index (χ0n) is 12.3. The smallest absolute Gasteiger partial charge is 0.321 e. The van der Waals surface area contributed by atoms with Crippen LogP contribution in [0.2, 0.25) is 0 Å². The molecule has 0 atom stereocenters. The molecule has 0 spiro atoms. The van der Waals surface area contributed by atoms with E-state index in [1.165, 1.54) is 0 Å². The van der Waals surface area contributed by atoms with Gasteiger partial charge in [0.2, 0.25) is 0 Å². The van der Waals surface area contributed by atoms with Crippen molar-refractivity contribution >= 4 is 17.7 Å². The van der Waals surface area contributed by atoms with Crippen LogP contribution in [-0.4, -0.2) is 35.1 Å². The Kier molecular flexibility index (Phi) is 5.20. The summed E-state index contributed by atoms with van der Waals surface area (Å²) >= 11 is 0. The number of amides is 2. The summed E-state index contributed by atoms with van der Waals surface area (Å²) < 4.78 is 0. The Balaban J connectivity index is 1.77. The molecule has 2 amide bonds. The van der Waals surface area contributed by atoms with E-state index >= 15 is 0 Å². The Morgan fingerprint density at radius 1 is 1.24 bits per heavy atom. The number of carboxylic acid groups (broad SMARTS) is 1. The van der Waals surface area contributed by atoms with Gasteiger partial charge in [0, 0.05) is 25.2 Å². The molecule has 1 aliphatic heterocycles. The monoisotopic (exact) mass is 290 g/mol. The van der Waals surface area contributed by atoms with Crippen molar-refractivity contribution in [3.8, 4) is 0 Å². The van der Waals surface area contributed by atoms with Gasteiger partial charge < -0.3 is 15.3 Å². The highest BCUT2D eigenvalue weighted by molar-refractivity contribution is 5.89. The van der Waals surface area contributed by atoms with Gasteiger partial charge in [0.1, 0.15) is 0 Å². The number of piperidine rings is 1. The number of benzene rings is 1. The maximum absolute atomic E-state index is 12.1. The van der Waals surface area contributed by atoms with E-state index < -0.39 is 5.97 Å². The molecule has 2 rings (SSSR count). The molecule has 0 saturated carbocycles. The molecule has 1 aromatic rings. The van der Waals surface area contributed by atoms with Gasteiger partial charge in [0.25, 0.3) is 0 Å². The lowest BCUT2D eigenvalue weighted by Gasteiger charge is -2.31. The van der Waals surface area contributed by atoms with Crippen LogP contribution in [0.1, 0.15) is 31.2 Å². The van der Waals surface area contributed by atoms with E-state index in [1.54, 1.807) is 4.90 Å². The Morgan fingerprint density at radius 2 is 1.86 bits per heavy atom. The number of aryl methyl sites for hydroxylation is 1. The van der Waals surface area contributed by atoms with Crippen LogP contribution >= 0.6 is 0 Å². The minimum absolute atomic E-state index is 0.0736. The van der Waals surface area contributed by atoms with Gasteiger partial charge in [-0.2, -0.15) is 0 Å². The number of carbonyl (C=O) groups excluding carboxylic acids is 1. The van der Waals surface area contributed by atoms with E-state index in [9.17, 15) is 9.59 Å². The Bertz CT molecular complexity index is 491. The largest absolute Gasteiger partial charge is 0.481 e. The van der Waals surface area contributed by atoms with Crippen LogP contribution < -0.4 is 5.32 Å². The van der Waals surface area contributed by atoms with Gasteiger partial charge in [-0.25, -0.2) is 4.79 Å². The molecule has 0 aromatic heterocycles. The third kappa shape index (κ3) is 4.77. The molecule has 0 unspecified atom stereocenters. The molecule has 1 fully saturated rings. The van der Waals surface area contributed by atoms with Gasteiger partial charge in [0.05, 0.1) is 0 Å². The number of hydrogen-bond acceptors (Lipinski definition) is 2. The van der Waals surface area contributed by atoms with Gasteiger partial charge in [-0.15, -0.1) is 0 Å². The number of rotatable bonds is 4. The fourth-order valence-corrected chi connectivity index (χ4v) is 2.59. The highest BCUT2D eigenvalue weighted by Crippen LogP contribution is 2.22. The normalized spacial score (nSPS) is 15.8. The summed E-state index contributed by atoms with van der Waals surface area (Å²) in [5.41, 5.74) is 1.96. The number of carboxylic acids is 1. The van der Waals surface area contributed by atoms with E-state index in [2.05, 4.69) is 5.32 Å². The predicted octanol–water partition coefficient (Wildman–Crippen LogP) is 3.10. The van der Waals surface area contributed by atoms with Gasteiger partial charge in [0.15, 0.2) is 0 Å². The predicted molar refractivity (Wildman–Crippen MR) is 81.4 cm³/mol. The second kappa shape index (κ2) is 7.11. The van der Waals surface area contributed by atoms with Crippen LogP contribution in [0.25, 0.3) is 0 Å². The minimum Gasteiger partial charge on any atom is -0.481 e. The first-order chi connectivity index (χ1) is 10.0. The van der Waals surface area contributed by atoms with Gasteiger partial charge in [-0.3, -0.25) is 4.79 Å². The van der Waals surface area contributed by atoms with Crippen molar-refractivity contribution in [2.24, 2.45) is 5.92 Å². The lowest BCUT2D eigenvalue weighted by Crippen LogP contribution is -2.41. The average molecular weight is 290 g/mol. The summed E-state index contributed by atoms with van der Waals surface area (Å²) in [6.45, 7) is 3.40. The summed E-state index contributed by atoms with van der Waals surface area (Å²) in [5.74, 6) is -0.320. The lowest BCUT2D eigenvalue weighted by atomic mass is 9.92. The van der Waals surface area contributed by atoms with E-state index in [-0.39, 0.29) is 12.5 Å². The van der Waals surface area contributed by atoms with Crippen molar-refractivity contribution in [2.45, 2.75) is 32.6 Å². The van der Waals surface area contributed by atoms with Gasteiger partial charge in [-0.1, -0.05) is 17.7 Å². The molecule has 1 heterocycles. The van der Waals surface area contributed by atoms with Crippen LogP contribution in [0.15, 0.2) is 24.3 Å². The Morgan fingerprint density at radius 3 is 2.43 bits per heavy atom. The zero-order valence-corrected chi connectivity index (χ0v) is 12.3. The molecule has 0 bridgehead atoms. The summed E-state index contributed by atoms with van der Waals surface area (Å²) in [7, 11) is 0. The second-order valence-electron chi connectivity index (χ2n) is 5.66. The standard InChI is InChI=1S/C16H22N2O3/c1-12-2-5-14(6-3-12)17-16(21)18-10-8-13(9-11-18)4-7-15(19)20/h2-3,5-6,13H,4,7-11H2,1H3,(H,17,21)(H,19,20). The number of likely N-dealkylation sites (tertiary alicyclic amines) is 1. The maximum atomic E-state index is 12.1. The SMILES string of the molecule is Cc1ccc(NC(=O)N2CCC(CCC(=O)O)CC2)cc1. The van der Waals surface area contributed by atoms with Gasteiger partial charge >= 0.3 is 12.0 Å². The van der Waals surface area contributed by atoms with Crippen LogP contribution in [0.3, 0.4) is 0 Å². The van der Waals surface area contributed by atoms with Crippen molar-refractivity contribution < 1.29 is 14.7 Å². The molecule has 5 nitrogen and oxygen atoms in total. The molecule has 114 valence electrons. The average Bonchev–Trinajstić information content (AvgIpc) is 2.48. The number of carbonyl (C=O) groups is 2. The van der Waals surface area contributed by atoms with Crippen LogP contribution in [-0.2, 0) is 4.79 Å². The Hall–Kier alpha value is -2.04. The number of nitrogens with one attached hydrogen (secondary N) is 1. The lowest BCUT2D eigenvalue weighted by molar-refractivity contribution is -0.137. The maximum Gasteiger partial charge on any atom is 0.321 e. The van der Waals surface area contributed by atoms with Gasteiger partial charge in [-0.05, 0) is 44.2 Å². The highest BCUT2D eigenvalue weighted by atomic mass is 16.4. The molecule has 0 radical (unpaired) electrons. The van der Waals surface area contributed by atoms with Crippen molar-refractivity contribution in [1.82, 2.24) is 4.90 Å². The quantitative estimate of drug-likeness (QED) is 0.895. The first-order valence-electron chi connectivity index (χ1n) is 7.39. The fourth-order valence-electron chi connectivity index (χ4n) is 2.59. The number of anilines is 1. The molecule has 1 saturated heterocycles. The Labute approximate surface area is 125 Å². The molecule has 1 aliphatic rings. The van der Waals surface area contributed by atoms with E-state index in [4.69, 9.17) is 5.11 Å².